The second kappa shape index (κ2) is 12.6. The number of hydrogen-bond acceptors (Lipinski definition) is 2. The van der Waals surface area contributed by atoms with Gasteiger partial charge in [0.05, 0.1) is 0 Å². The van der Waals surface area contributed by atoms with Gasteiger partial charge in [-0.25, -0.2) is 0 Å². The fourth-order valence-electron chi connectivity index (χ4n) is 2.20. The van der Waals surface area contributed by atoms with Crippen LogP contribution in [0.15, 0.2) is 30.3 Å². The van der Waals surface area contributed by atoms with Crippen molar-refractivity contribution in [3.05, 3.63) is 35.9 Å². The van der Waals surface area contributed by atoms with E-state index in [0.717, 1.165) is 0 Å². The number of rotatable bonds is 12. The van der Waals surface area contributed by atoms with Crippen molar-refractivity contribution >= 4 is 11.8 Å². The van der Waals surface area contributed by atoms with Gasteiger partial charge in [-0.1, -0.05) is 43.2 Å². The monoisotopic (exact) mass is 279 g/mol. The van der Waals surface area contributed by atoms with Gasteiger partial charge in [-0.2, -0.15) is 11.8 Å². The van der Waals surface area contributed by atoms with Gasteiger partial charge in [0.2, 0.25) is 0 Å². The van der Waals surface area contributed by atoms with E-state index in [2.05, 4.69) is 41.9 Å². The molecule has 0 fully saturated rings. The van der Waals surface area contributed by atoms with Gasteiger partial charge >= 0.3 is 0 Å². The Morgan fingerprint density at radius 3 is 2.26 bits per heavy atom. The standard InChI is InChI=1S/C17H29NS/c1-19-16-10-3-2-8-14-18-15-9-7-13-17-11-5-4-6-12-17/h4-6,11-12,18H,2-3,7-10,13-16H2,1H3. The molecule has 108 valence electrons. The molecule has 0 amide bonds. The normalized spacial score (nSPS) is 10.8. The fraction of sp³-hybridized carbons (Fsp3) is 0.647. The molecule has 2 heteroatoms. The van der Waals surface area contributed by atoms with Gasteiger partial charge in [-0.05, 0) is 62.8 Å². The van der Waals surface area contributed by atoms with E-state index >= 15 is 0 Å². The van der Waals surface area contributed by atoms with Crippen molar-refractivity contribution in [2.45, 2.75) is 44.9 Å². The van der Waals surface area contributed by atoms with Gasteiger partial charge in [0.1, 0.15) is 0 Å². The van der Waals surface area contributed by atoms with Gasteiger partial charge in [0.25, 0.3) is 0 Å². The van der Waals surface area contributed by atoms with E-state index in [1.54, 1.807) is 0 Å². The van der Waals surface area contributed by atoms with Crippen molar-refractivity contribution in [3.8, 4) is 0 Å². The third-order valence-electron chi connectivity index (χ3n) is 3.36. The zero-order valence-corrected chi connectivity index (χ0v) is 13.2. The van der Waals surface area contributed by atoms with Crippen molar-refractivity contribution in [1.82, 2.24) is 5.32 Å². The van der Waals surface area contributed by atoms with Crippen LogP contribution in [0.4, 0.5) is 0 Å². The van der Waals surface area contributed by atoms with Gasteiger partial charge in [-0.3, -0.25) is 0 Å². The molecule has 0 bridgehead atoms. The minimum Gasteiger partial charge on any atom is -0.317 e. The quantitative estimate of drug-likeness (QED) is 0.564. The predicted octanol–water partition coefficient (Wildman–Crippen LogP) is 4.52. The molecule has 0 saturated carbocycles. The number of aryl methyl sites for hydroxylation is 1. The van der Waals surface area contributed by atoms with E-state index in [-0.39, 0.29) is 0 Å². The molecule has 1 N–H and O–H groups in total. The molecule has 0 aliphatic carbocycles. The maximum Gasteiger partial charge on any atom is -0.00488 e. The lowest BCUT2D eigenvalue weighted by atomic mass is 10.1. The van der Waals surface area contributed by atoms with E-state index in [1.807, 2.05) is 11.8 Å². The van der Waals surface area contributed by atoms with Crippen molar-refractivity contribution < 1.29 is 0 Å². The van der Waals surface area contributed by atoms with Crippen LogP contribution >= 0.6 is 11.8 Å². The fourth-order valence-corrected chi connectivity index (χ4v) is 2.69. The summed E-state index contributed by atoms with van der Waals surface area (Å²) >= 11 is 1.96. The second-order valence-corrected chi connectivity index (χ2v) is 6.09. The molecule has 0 atom stereocenters. The van der Waals surface area contributed by atoms with E-state index in [9.17, 15) is 0 Å². The van der Waals surface area contributed by atoms with Crippen LogP contribution in [0.3, 0.4) is 0 Å². The van der Waals surface area contributed by atoms with E-state index in [4.69, 9.17) is 0 Å². The third-order valence-corrected chi connectivity index (χ3v) is 4.06. The summed E-state index contributed by atoms with van der Waals surface area (Å²) in [5.74, 6) is 1.33. The van der Waals surface area contributed by atoms with Crippen molar-refractivity contribution in [1.29, 1.82) is 0 Å². The molecule has 0 heterocycles. The van der Waals surface area contributed by atoms with Crippen LogP contribution in [0.5, 0.6) is 0 Å². The maximum atomic E-state index is 3.56. The Labute approximate surface area is 123 Å². The lowest BCUT2D eigenvalue weighted by molar-refractivity contribution is 0.576. The zero-order chi connectivity index (χ0) is 13.6. The highest BCUT2D eigenvalue weighted by Crippen LogP contribution is 2.05. The van der Waals surface area contributed by atoms with Crippen molar-refractivity contribution in [3.63, 3.8) is 0 Å². The molecule has 1 aromatic rings. The Balaban J connectivity index is 1.79. The Morgan fingerprint density at radius 2 is 1.53 bits per heavy atom. The molecule has 19 heavy (non-hydrogen) atoms. The first-order chi connectivity index (χ1) is 9.43. The largest absolute Gasteiger partial charge is 0.317 e. The summed E-state index contributed by atoms with van der Waals surface area (Å²) in [4.78, 5) is 0. The van der Waals surface area contributed by atoms with Crippen molar-refractivity contribution in [2.24, 2.45) is 0 Å². The first-order valence-corrected chi connectivity index (χ1v) is 9.06. The second-order valence-electron chi connectivity index (χ2n) is 5.10. The molecule has 0 saturated heterocycles. The van der Waals surface area contributed by atoms with Crippen LogP contribution in [0.2, 0.25) is 0 Å². The molecule has 1 nitrogen and oxygen atoms in total. The summed E-state index contributed by atoms with van der Waals surface area (Å²) in [6.07, 6.45) is 11.5. The Kier molecular flexibility index (Phi) is 11.0. The molecule has 0 aliphatic heterocycles. The summed E-state index contributed by atoms with van der Waals surface area (Å²) in [5, 5.41) is 3.56. The van der Waals surface area contributed by atoms with Gasteiger partial charge < -0.3 is 5.32 Å². The third kappa shape index (κ3) is 10.0. The van der Waals surface area contributed by atoms with Crippen LogP contribution in [0.1, 0.15) is 44.1 Å². The topological polar surface area (TPSA) is 12.0 Å². The molecular weight excluding hydrogens is 250 g/mol. The summed E-state index contributed by atoms with van der Waals surface area (Å²) < 4.78 is 0. The number of nitrogens with one attached hydrogen (secondary N) is 1. The highest BCUT2D eigenvalue weighted by Gasteiger charge is 1.93. The minimum absolute atomic E-state index is 1.18. The smallest absolute Gasteiger partial charge is 0.00488 e. The maximum absolute atomic E-state index is 3.56. The summed E-state index contributed by atoms with van der Waals surface area (Å²) in [6.45, 7) is 2.38. The highest BCUT2D eigenvalue weighted by molar-refractivity contribution is 7.98. The van der Waals surface area contributed by atoms with Crippen LogP contribution in [0, 0.1) is 0 Å². The SMILES string of the molecule is CSCCCCCCNCCCCc1ccccc1. The average molecular weight is 279 g/mol. The van der Waals surface area contributed by atoms with Crippen molar-refractivity contribution in [2.75, 3.05) is 25.1 Å². The Hall–Kier alpha value is -0.470. The molecule has 0 spiro atoms. The summed E-state index contributed by atoms with van der Waals surface area (Å²) in [6, 6.07) is 10.8. The number of unbranched alkanes of at least 4 members (excludes halogenated alkanes) is 4. The first kappa shape index (κ1) is 16.6. The minimum atomic E-state index is 1.18. The predicted molar refractivity (Wildman–Crippen MR) is 89.1 cm³/mol. The highest BCUT2D eigenvalue weighted by atomic mass is 32.2. The van der Waals surface area contributed by atoms with Crippen LogP contribution in [0.25, 0.3) is 0 Å². The van der Waals surface area contributed by atoms with E-state index in [1.165, 1.54) is 69.4 Å². The summed E-state index contributed by atoms with van der Waals surface area (Å²) in [7, 11) is 0. The van der Waals surface area contributed by atoms with Gasteiger partial charge in [-0.15, -0.1) is 0 Å². The Bertz CT molecular complexity index is 287. The molecule has 0 aliphatic rings. The van der Waals surface area contributed by atoms with Crippen LogP contribution < -0.4 is 5.32 Å². The lowest BCUT2D eigenvalue weighted by Crippen LogP contribution is -2.16. The average Bonchev–Trinajstić information content (AvgIpc) is 2.46. The first-order valence-electron chi connectivity index (χ1n) is 7.67. The zero-order valence-electron chi connectivity index (χ0n) is 12.4. The van der Waals surface area contributed by atoms with E-state index < -0.39 is 0 Å². The number of benzene rings is 1. The molecule has 1 rings (SSSR count). The van der Waals surface area contributed by atoms with Gasteiger partial charge in [0.15, 0.2) is 0 Å². The van der Waals surface area contributed by atoms with Gasteiger partial charge in [0, 0.05) is 0 Å². The lowest BCUT2D eigenvalue weighted by Gasteiger charge is -2.05. The van der Waals surface area contributed by atoms with Crippen LogP contribution in [-0.2, 0) is 6.42 Å². The molecule has 0 radical (unpaired) electrons. The molecule has 1 aromatic carbocycles. The van der Waals surface area contributed by atoms with E-state index in [0.29, 0.717) is 0 Å². The Morgan fingerprint density at radius 1 is 0.842 bits per heavy atom. The summed E-state index contributed by atoms with van der Waals surface area (Å²) in [5.41, 5.74) is 1.47. The molecule has 0 unspecified atom stereocenters. The molecular formula is C17H29NS. The number of hydrogen-bond donors (Lipinski definition) is 1. The number of thioether (sulfide) groups is 1. The van der Waals surface area contributed by atoms with Crippen LogP contribution in [-0.4, -0.2) is 25.1 Å². The molecule has 0 aromatic heterocycles.